The molecule has 0 unspecified atom stereocenters. The van der Waals surface area contributed by atoms with Crippen LogP contribution in [0.1, 0.15) is 12.8 Å². The summed E-state index contributed by atoms with van der Waals surface area (Å²) in [6.45, 7) is 4.29. The van der Waals surface area contributed by atoms with Gasteiger partial charge in [0.15, 0.2) is 0 Å². The summed E-state index contributed by atoms with van der Waals surface area (Å²) < 4.78 is 1.97. The molecule has 0 atom stereocenters. The van der Waals surface area contributed by atoms with Crippen LogP contribution in [-0.2, 0) is 6.54 Å². The van der Waals surface area contributed by atoms with Crippen LogP contribution in [0, 0.1) is 0 Å². The first-order chi connectivity index (χ1) is 6.95. The zero-order valence-electron chi connectivity index (χ0n) is 8.45. The maximum Gasteiger partial charge on any atom is 0.0534 e. The molecule has 1 aliphatic heterocycles. The third-order valence-corrected chi connectivity index (χ3v) is 2.67. The van der Waals surface area contributed by atoms with E-state index in [4.69, 9.17) is 0 Å². The number of hydrogen-bond acceptors (Lipinski definition) is 3. The van der Waals surface area contributed by atoms with Crippen LogP contribution in [0.5, 0.6) is 0 Å². The van der Waals surface area contributed by atoms with E-state index in [2.05, 4.69) is 15.7 Å². The lowest BCUT2D eigenvalue weighted by Crippen LogP contribution is -2.41. The van der Waals surface area contributed by atoms with E-state index in [0.717, 1.165) is 26.2 Å². The van der Waals surface area contributed by atoms with Gasteiger partial charge >= 0.3 is 0 Å². The molecule has 2 heterocycles. The minimum atomic E-state index is 0.701. The molecule has 0 bridgehead atoms. The van der Waals surface area contributed by atoms with Gasteiger partial charge in [-0.05, 0) is 32.0 Å². The molecule has 1 aromatic rings. The number of nitrogens with zero attached hydrogens (tertiary/aromatic N) is 2. The van der Waals surface area contributed by atoms with E-state index in [1.165, 1.54) is 12.8 Å². The number of nitrogens with one attached hydrogen (secondary N) is 2. The molecule has 0 aromatic carbocycles. The van der Waals surface area contributed by atoms with E-state index in [0.29, 0.717) is 6.04 Å². The van der Waals surface area contributed by atoms with Crippen LogP contribution in [0.15, 0.2) is 18.5 Å². The molecular formula is C10H18N4. The van der Waals surface area contributed by atoms with E-state index < -0.39 is 0 Å². The van der Waals surface area contributed by atoms with Gasteiger partial charge in [-0.3, -0.25) is 4.68 Å². The summed E-state index contributed by atoms with van der Waals surface area (Å²) in [4.78, 5) is 0. The van der Waals surface area contributed by atoms with Gasteiger partial charge in [-0.2, -0.15) is 5.10 Å². The van der Waals surface area contributed by atoms with Gasteiger partial charge in [0.1, 0.15) is 0 Å². The Hall–Kier alpha value is -0.870. The highest BCUT2D eigenvalue weighted by atomic mass is 15.3. The van der Waals surface area contributed by atoms with Crippen molar-refractivity contribution in [1.29, 1.82) is 0 Å². The summed E-state index contributed by atoms with van der Waals surface area (Å²) >= 11 is 0. The molecule has 4 nitrogen and oxygen atoms in total. The third-order valence-electron chi connectivity index (χ3n) is 2.67. The Morgan fingerprint density at radius 1 is 1.43 bits per heavy atom. The Morgan fingerprint density at radius 3 is 3.00 bits per heavy atom. The van der Waals surface area contributed by atoms with Gasteiger partial charge < -0.3 is 10.6 Å². The number of rotatable bonds is 4. The van der Waals surface area contributed by atoms with Crippen molar-refractivity contribution in [2.24, 2.45) is 0 Å². The second kappa shape index (κ2) is 5.12. The SMILES string of the molecule is c1cnn(CCNC2CCNCC2)c1. The molecule has 0 aliphatic carbocycles. The highest BCUT2D eigenvalue weighted by Gasteiger charge is 2.11. The van der Waals surface area contributed by atoms with Crippen molar-refractivity contribution in [3.63, 3.8) is 0 Å². The largest absolute Gasteiger partial charge is 0.317 e. The Balaban J connectivity index is 1.62. The maximum absolute atomic E-state index is 4.16. The van der Waals surface area contributed by atoms with Crippen LogP contribution in [0.4, 0.5) is 0 Å². The van der Waals surface area contributed by atoms with Crippen molar-refractivity contribution in [2.45, 2.75) is 25.4 Å². The Bertz CT molecular complexity index is 239. The topological polar surface area (TPSA) is 41.9 Å². The number of aromatic nitrogens is 2. The molecule has 1 aromatic heterocycles. The lowest BCUT2D eigenvalue weighted by Gasteiger charge is -2.23. The van der Waals surface area contributed by atoms with E-state index >= 15 is 0 Å². The van der Waals surface area contributed by atoms with E-state index in [1.54, 1.807) is 0 Å². The minimum Gasteiger partial charge on any atom is -0.317 e. The lowest BCUT2D eigenvalue weighted by atomic mass is 10.1. The van der Waals surface area contributed by atoms with Gasteiger partial charge in [0.2, 0.25) is 0 Å². The molecule has 0 spiro atoms. The molecule has 0 radical (unpaired) electrons. The fraction of sp³-hybridized carbons (Fsp3) is 0.700. The van der Waals surface area contributed by atoms with Crippen molar-refractivity contribution in [3.8, 4) is 0 Å². The fourth-order valence-electron chi connectivity index (χ4n) is 1.84. The fourth-order valence-corrected chi connectivity index (χ4v) is 1.84. The Labute approximate surface area is 84.7 Å². The number of piperidine rings is 1. The van der Waals surface area contributed by atoms with Crippen molar-refractivity contribution in [3.05, 3.63) is 18.5 Å². The average molecular weight is 194 g/mol. The summed E-state index contributed by atoms with van der Waals surface area (Å²) in [7, 11) is 0. The smallest absolute Gasteiger partial charge is 0.0534 e. The predicted molar refractivity (Wildman–Crippen MR) is 56.1 cm³/mol. The third kappa shape index (κ3) is 2.82. The quantitative estimate of drug-likeness (QED) is 0.720. The van der Waals surface area contributed by atoms with Gasteiger partial charge in [0.05, 0.1) is 6.54 Å². The van der Waals surface area contributed by atoms with Crippen LogP contribution < -0.4 is 10.6 Å². The minimum absolute atomic E-state index is 0.701. The number of hydrogen-bond donors (Lipinski definition) is 2. The van der Waals surface area contributed by atoms with Gasteiger partial charge in [0.25, 0.3) is 0 Å². The van der Waals surface area contributed by atoms with Gasteiger partial charge in [0, 0.05) is 25.0 Å². The molecule has 78 valence electrons. The molecular weight excluding hydrogens is 176 g/mol. The highest BCUT2D eigenvalue weighted by Crippen LogP contribution is 2.00. The predicted octanol–water partition coefficient (Wildman–Crippen LogP) is 0.225. The first-order valence-corrected chi connectivity index (χ1v) is 5.37. The highest BCUT2D eigenvalue weighted by molar-refractivity contribution is 4.78. The maximum atomic E-state index is 4.16. The monoisotopic (exact) mass is 194 g/mol. The summed E-state index contributed by atoms with van der Waals surface area (Å²) in [5.74, 6) is 0. The summed E-state index contributed by atoms with van der Waals surface area (Å²) in [5, 5.41) is 11.1. The summed E-state index contributed by atoms with van der Waals surface area (Å²) in [5.41, 5.74) is 0. The molecule has 14 heavy (non-hydrogen) atoms. The van der Waals surface area contributed by atoms with Crippen molar-refractivity contribution < 1.29 is 0 Å². The molecule has 0 saturated carbocycles. The molecule has 1 aliphatic rings. The van der Waals surface area contributed by atoms with Gasteiger partial charge in [-0.1, -0.05) is 0 Å². The van der Waals surface area contributed by atoms with Crippen molar-refractivity contribution in [2.75, 3.05) is 19.6 Å². The van der Waals surface area contributed by atoms with Gasteiger partial charge in [-0.15, -0.1) is 0 Å². The molecule has 2 N–H and O–H groups in total. The van der Waals surface area contributed by atoms with Crippen molar-refractivity contribution in [1.82, 2.24) is 20.4 Å². The average Bonchev–Trinajstić information content (AvgIpc) is 2.72. The van der Waals surface area contributed by atoms with Gasteiger partial charge in [-0.25, -0.2) is 0 Å². The van der Waals surface area contributed by atoms with E-state index in [1.807, 2.05) is 23.1 Å². The molecule has 2 rings (SSSR count). The Kier molecular flexibility index (Phi) is 3.54. The summed E-state index contributed by atoms with van der Waals surface area (Å²) in [6.07, 6.45) is 6.33. The molecule has 0 amide bonds. The second-order valence-electron chi connectivity index (χ2n) is 3.75. The second-order valence-corrected chi connectivity index (χ2v) is 3.75. The zero-order chi connectivity index (χ0) is 9.64. The molecule has 1 fully saturated rings. The van der Waals surface area contributed by atoms with Crippen LogP contribution in [0.25, 0.3) is 0 Å². The van der Waals surface area contributed by atoms with Crippen LogP contribution >= 0.6 is 0 Å². The van der Waals surface area contributed by atoms with Crippen LogP contribution in [-0.4, -0.2) is 35.5 Å². The molecule has 4 heteroatoms. The summed E-state index contributed by atoms with van der Waals surface area (Å²) in [6, 6.07) is 2.66. The zero-order valence-corrected chi connectivity index (χ0v) is 8.45. The standard InChI is InChI=1S/C10H18N4/c1-4-13-14(8-1)9-7-12-10-2-5-11-6-3-10/h1,4,8,10-12H,2-3,5-7,9H2. The van der Waals surface area contributed by atoms with Crippen LogP contribution in [0.3, 0.4) is 0 Å². The van der Waals surface area contributed by atoms with Crippen LogP contribution in [0.2, 0.25) is 0 Å². The van der Waals surface area contributed by atoms with E-state index in [9.17, 15) is 0 Å². The first-order valence-electron chi connectivity index (χ1n) is 5.37. The van der Waals surface area contributed by atoms with Crippen molar-refractivity contribution >= 4 is 0 Å². The first kappa shape index (κ1) is 9.68. The lowest BCUT2D eigenvalue weighted by molar-refractivity contribution is 0.377. The molecule has 1 saturated heterocycles. The Morgan fingerprint density at radius 2 is 2.29 bits per heavy atom. The normalized spacial score (nSPS) is 18.6. The van der Waals surface area contributed by atoms with E-state index in [-0.39, 0.29) is 0 Å².